The normalized spacial score (nSPS) is 12.9. The fourth-order valence-corrected chi connectivity index (χ4v) is 7.62. The molecular formula is C51H80N2Ni. The molecule has 0 bridgehead atoms. The van der Waals surface area contributed by atoms with Crippen molar-refractivity contribution in [3.05, 3.63) is 127 Å². The molecule has 0 unspecified atom stereocenters. The average molecular weight is 780 g/mol. The predicted octanol–water partition coefficient (Wildman–Crippen LogP) is 17.0. The van der Waals surface area contributed by atoms with E-state index in [0.717, 1.165) is 69.2 Å². The van der Waals surface area contributed by atoms with Crippen LogP contribution in [-0.4, -0.2) is 4.70 Å². The quantitative estimate of drug-likeness (QED) is 0.0258. The number of unbranched alkanes of at least 4 members (excludes halogenated alkanes) is 15. The Balaban J connectivity index is 0.00000936. The van der Waals surface area contributed by atoms with Gasteiger partial charge in [-0.3, -0.25) is 0 Å². The third-order valence-electron chi connectivity index (χ3n) is 10.7. The minimum atomic E-state index is 0. The maximum Gasteiger partial charge on any atom is 2.00 e. The molecule has 0 spiro atoms. The summed E-state index contributed by atoms with van der Waals surface area (Å²) in [5.74, 6) is 0. The van der Waals surface area contributed by atoms with Crippen LogP contribution >= 0.6 is 0 Å². The summed E-state index contributed by atoms with van der Waals surface area (Å²) in [4.78, 5) is 0. The van der Waals surface area contributed by atoms with E-state index in [4.69, 9.17) is 0 Å². The van der Waals surface area contributed by atoms with Crippen molar-refractivity contribution in [2.24, 2.45) is 0 Å². The fraction of sp³-hybridized carbons (Fsp3) is 0.569. The SMILES string of the molecule is CCCCCCCCC=CCCc1ccccc1C1=C(CCCC)C(CCCCC)=C(c2ccccc2CCC=CCCCCCCCC)[N+]1=[N-].[CH3-].[CH3-].[Ni+2]. The molecule has 1 heterocycles. The summed E-state index contributed by atoms with van der Waals surface area (Å²) >= 11 is 0. The summed E-state index contributed by atoms with van der Waals surface area (Å²) in [6, 6.07) is 17.8. The molecule has 1 aliphatic heterocycles. The molecule has 0 aromatic heterocycles. The van der Waals surface area contributed by atoms with E-state index in [0.29, 0.717) is 0 Å². The Kier molecular flexibility index (Phi) is 31.2. The minimum Gasteiger partial charge on any atom is -0.493 e. The van der Waals surface area contributed by atoms with Gasteiger partial charge in [0.25, 0.3) is 0 Å². The number of allylic oxidation sites excluding steroid dienone is 6. The van der Waals surface area contributed by atoms with Crippen molar-refractivity contribution in [2.75, 3.05) is 0 Å². The molecule has 304 valence electrons. The molecule has 0 fully saturated rings. The van der Waals surface area contributed by atoms with Crippen LogP contribution in [0.25, 0.3) is 16.9 Å². The second kappa shape index (κ2) is 32.7. The summed E-state index contributed by atoms with van der Waals surface area (Å²) in [6.07, 6.45) is 40.0. The molecule has 0 saturated heterocycles. The number of aryl methyl sites for hydroxylation is 2. The van der Waals surface area contributed by atoms with Crippen LogP contribution in [0.3, 0.4) is 0 Å². The molecule has 0 atom stereocenters. The second-order valence-electron chi connectivity index (χ2n) is 15.0. The Hall–Kier alpha value is -2.51. The van der Waals surface area contributed by atoms with Gasteiger partial charge in [0.1, 0.15) is 0 Å². The fourth-order valence-electron chi connectivity index (χ4n) is 7.62. The number of hydrogen-bond acceptors (Lipinski definition) is 0. The molecule has 2 aromatic rings. The predicted molar refractivity (Wildman–Crippen MR) is 238 cm³/mol. The molecule has 54 heavy (non-hydrogen) atoms. The Bertz CT molecular complexity index is 1390. The smallest absolute Gasteiger partial charge is 0.493 e. The Morgan fingerprint density at radius 2 is 0.778 bits per heavy atom. The summed E-state index contributed by atoms with van der Waals surface area (Å²) < 4.78 is 1.62. The van der Waals surface area contributed by atoms with Gasteiger partial charge in [0.2, 0.25) is 11.4 Å². The van der Waals surface area contributed by atoms with Gasteiger partial charge in [0.05, 0.1) is 0 Å². The third-order valence-corrected chi connectivity index (χ3v) is 10.7. The first-order chi connectivity index (χ1) is 25.2. The van der Waals surface area contributed by atoms with E-state index in [2.05, 4.69) is 101 Å². The van der Waals surface area contributed by atoms with Crippen molar-refractivity contribution in [3.63, 3.8) is 0 Å². The van der Waals surface area contributed by atoms with Crippen LogP contribution < -0.4 is 0 Å². The number of benzene rings is 2. The maximum atomic E-state index is 12.4. The summed E-state index contributed by atoms with van der Waals surface area (Å²) in [7, 11) is 0. The van der Waals surface area contributed by atoms with Crippen LogP contribution in [0.1, 0.15) is 198 Å². The van der Waals surface area contributed by atoms with Crippen molar-refractivity contribution in [1.82, 2.24) is 0 Å². The van der Waals surface area contributed by atoms with E-state index in [1.54, 1.807) is 4.70 Å². The number of rotatable bonds is 29. The average Bonchev–Trinajstić information content (AvgIpc) is 3.42. The standard InChI is InChI=1S/C49H74N2.2CH3.Ni/c1-5-9-13-15-17-19-21-23-25-28-34-42-36-30-32-39-44(42)48-46(38-12-8-4)47(41-27-11-7-3)49(51(48)50)45-40-33-31-37-43(45)35-29-26-24-22-20-18-16-14-10-6-2;;;/h23-26,30-33,36-37,39-40H,5-22,27-29,34-35,38,41H2,1-4H3;2*1H3;/q;2*-1;+2. The first-order valence-corrected chi connectivity index (χ1v) is 21.6. The zero-order valence-electron chi connectivity index (χ0n) is 35.8. The monoisotopic (exact) mass is 779 g/mol. The third kappa shape index (κ3) is 18.0. The van der Waals surface area contributed by atoms with Gasteiger partial charge in [0, 0.05) is 22.3 Å². The van der Waals surface area contributed by atoms with Crippen molar-refractivity contribution in [1.29, 1.82) is 0 Å². The van der Waals surface area contributed by atoms with Gasteiger partial charge in [0.15, 0.2) is 0 Å². The van der Waals surface area contributed by atoms with Crippen LogP contribution in [0.4, 0.5) is 0 Å². The first kappa shape index (κ1) is 51.5. The van der Waals surface area contributed by atoms with Crippen LogP contribution in [0.2, 0.25) is 0 Å². The molecule has 1 aliphatic rings. The van der Waals surface area contributed by atoms with Gasteiger partial charge in [-0.05, 0) is 100 Å². The minimum absolute atomic E-state index is 0. The van der Waals surface area contributed by atoms with Crippen LogP contribution in [0.15, 0.2) is 84.0 Å². The molecule has 0 saturated carbocycles. The molecule has 0 radical (unpaired) electrons. The summed E-state index contributed by atoms with van der Waals surface area (Å²) in [6.45, 7) is 9.14. The Labute approximate surface area is 345 Å². The topological polar surface area (TPSA) is 25.3 Å². The molecule has 0 amide bonds. The number of hydrogen-bond donors (Lipinski definition) is 0. The van der Waals surface area contributed by atoms with Crippen molar-refractivity contribution >= 4 is 11.4 Å². The molecule has 3 heteroatoms. The van der Waals surface area contributed by atoms with E-state index in [1.807, 2.05) is 0 Å². The van der Waals surface area contributed by atoms with Gasteiger partial charge in [-0.25, -0.2) is 4.70 Å². The van der Waals surface area contributed by atoms with Crippen molar-refractivity contribution in [2.45, 2.75) is 188 Å². The van der Waals surface area contributed by atoms with Crippen LogP contribution in [-0.2, 0) is 29.3 Å². The van der Waals surface area contributed by atoms with Gasteiger partial charge >= 0.3 is 16.5 Å². The van der Waals surface area contributed by atoms with Crippen LogP contribution in [0.5, 0.6) is 0 Å². The molecule has 0 N–H and O–H groups in total. The first-order valence-electron chi connectivity index (χ1n) is 21.6. The van der Waals surface area contributed by atoms with Crippen molar-refractivity contribution in [3.8, 4) is 0 Å². The number of nitrogens with zero attached hydrogens (tertiary/aromatic N) is 2. The van der Waals surface area contributed by atoms with Gasteiger partial charge < -0.3 is 20.4 Å². The maximum absolute atomic E-state index is 12.4. The Morgan fingerprint density at radius 1 is 0.426 bits per heavy atom. The molecular weight excluding hydrogens is 699 g/mol. The Morgan fingerprint density at radius 3 is 1.22 bits per heavy atom. The summed E-state index contributed by atoms with van der Waals surface area (Å²) in [5.41, 5.74) is 22.3. The van der Waals surface area contributed by atoms with Crippen molar-refractivity contribution < 1.29 is 21.2 Å². The van der Waals surface area contributed by atoms with Crippen LogP contribution in [0, 0.1) is 14.9 Å². The van der Waals surface area contributed by atoms with E-state index in [-0.39, 0.29) is 31.3 Å². The molecule has 2 aromatic carbocycles. The molecule has 3 rings (SSSR count). The zero-order valence-corrected chi connectivity index (χ0v) is 36.8. The van der Waals surface area contributed by atoms with E-state index < -0.39 is 0 Å². The zero-order chi connectivity index (χ0) is 36.4. The molecule has 2 nitrogen and oxygen atoms in total. The van der Waals surface area contributed by atoms with E-state index >= 15 is 0 Å². The van der Waals surface area contributed by atoms with Gasteiger partial charge in [-0.15, -0.1) is 0 Å². The van der Waals surface area contributed by atoms with Gasteiger partial charge in [-0.2, -0.15) is 0 Å². The van der Waals surface area contributed by atoms with E-state index in [1.165, 1.54) is 136 Å². The summed E-state index contributed by atoms with van der Waals surface area (Å²) in [5, 5.41) is 0. The largest absolute Gasteiger partial charge is 2.00 e. The van der Waals surface area contributed by atoms with Gasteiger partial charge in [-0.1, -0.05) is 172 Å². The second-order valence-corrected chi connectivity index (χ2v) is 15.0. The molecule has 0 aliphatic carbocycles. The van der Waals surface area contributed by atoms with E-state index in [9.17, 15) is 5.53 Å².